The van der Waals surface area contributed by atoms with Gasteiger partial charge in [-0.2, -0.15) is 0 Å². The van der Waals surface area contributed by atoms with Crippen LogP contribution in [-0.4, -0.2) is 34.1 Å². The Hall–Kier alpha value is -3.47. The van der Waals surface area contributed by atoms with Crippen molar-refractivity contribution in [2.75, 3.05) is 6.54 Å². The van der Waals surface area contributed by atoms with E-state index in [2.05, 4.69) is 13.8 Å². The van der Waals surface area contributed by atoms with Crippen molar-refractivity contribution in [1.29, 1.82) is 0 Å². The molecule has 0 aliphatic carbocycles. The number of ketones is 1. The van der Waals surface area contributed by atoms with Gasteiger partial charge in [0.1, 0.15) is 5.75 Å². The molecule has 0 fully saturated rings. The van der Waals surface area contributed by atoms with Gasteiger partial charge in [-0.05, 0) is 48.1 Å². The number of rotatable bonds is 8. The van der Waals surface area contributed by atoms with Crippen molar-refractivity contribution in [1.82, 2.24) is 4.90 Å². The molecule has 164 valence electrons. The Bertz CT molecular complexity index is 1190. The van der Waals surface area contributed by atoms with E-state index in [1.807, 2.05) is 0 Å². The van der Waals surface area contributed by atoms with Crippen molar-refractivity contribution in [3.8, 4) is 5.75 Å². The molecule has 32 heavy (non-hydrogen) atoms. The van der Waals surface area contributed by atoms with E-state index in [0.717, 1.165) is 25.7 Å². The van der Waals surface area contributed by atoms with Gasteiger partial charge < -0.3 is 5.11 Å². The van der Waals surface area contributed by atoms with Crippen LogP contribution in [0.25, 0.3) is 10.8 Å². The van der Waals surface area contributed by atoms with Gasteiger partial charge in [0.2, 0.25) is 0 Å². The van der Waals surface area contributed by atoms with Crippen LogP contribution in [0.3, 0.4) is 0 Å². The standard InChI is InChI=1S/C27H27NO4/c1-3-5-9-17(4-2)16-28-26(31)21-12-8-11-18-19(14-15-22(24(18)21)27(28)32)25(30)20-10-6-7-13-23(20)29/h6-8,10-15,17,29H,3-5,9,16H2,1-2H3. The molecule has 3 aromatic carbocycles. The van der Waals surface area contributed by atoms with Crippen LogP contribution < -0.4 is 0 Å². The maximum atomic E-state index is 13.3. The summed E-state index contributed by atoms with van der Waals surface area (Å²) in [6.45, 7) is 4.63. The smallest absolute Gasteiger partial charge is 0.261 e. The van der Waals surface area contributed by atoms with Gasteiger partial charge in [-0.1, -0.05) is 57.4 Å². The predicted octanol–water partition coefficient (Wildman–Crippen LogP) is 5.59. The van der Waals surface area contributed by atoms with Gasteiger partial charge in [-0.15, -0.1) is 0 Å². The summed E-state index contributed by atoms with van der Waals surface area (Å²) < 4.78 is 0. The fraction of sp³-hybridized carbons (Fsp3) is 0.296. The Labute approximate surface area is 187 Å². The number of nitrogens with zero attached hydrogens (tertiary/aromatic N) is 1. The molecule has 0 saturated heterocycles. The number of aromatic hydroxyl groups is 1. The van der Waals surface area contributed by atoms with Crippen molar-refractivity contribution >= 4 is 28.4 Å². The quantitative estimate of drug-likeness (QED) is 0.374. The summed E-state index contributed by atoms with van der Waals surface area (Å²) in [5.41, 5.74) is 1.42. The number of amides is 2. The van der Waals surface area contributed by atoms with E-state index >= 15 is 0 Å². The molecule has 1 heterocycles. The first-order valence-corrected chi connectivity index (χ1v) is 11.2. The molecular weight excluding hydrogens is 402 g/mol. The topological polar surface area (TPSA) is 74.7 Å². The van der Waals surface area contributed by atoms with Gasteiger partial charge in [0.25, 0.3) is 11.8 Å². The first-order chi connectivity index (χ1) is 15.5. The van der Waals surface area contributed by atoms with E-state index in [-0.39, 0.29) is 34.8 Å². The largest absolute Gasteiger partial charge is 0.507 e. The minimum Gasteiger partial charge on any atom is -0.507 e. The minimum atomic E-state index is -0.347. The number of hydrogen-bond donors (Lipinski definition) is 1. The molecule has 2 amide bonds. The number of carbonyl (C=O) groups is 3. The molecule has 0 aromatic heterocycles. The average molecular weight is 430 g/mol. The summed E-state index contributed by atoms with van der Waals surface area (Å²) in [4.78, 5) is 41.2. The third kappa shape index (κ3) is 3.68. The molecule has 0 bridgehead atoms. The number of carbonyl (C=O) groups excluding carboxylic acids is 3. The van der Waals surface area contributed by atoms with Gasteiger partial charge in [-0.3, -0.25) is 19.3 Å². The Kier molecular flexibility index (Phi) is 6.08. The normalized spacial score (nSPS) is 14.1. The molecule has 4 rings (SSSR count). The van der Waals surface area contributed by atoms with E-state index in [4.69, 9.17) is 0 Å². The van der Waals surface area contributed by atoms with Crippen LogP contribution in [0.15, 0.2) is 54.6 Å². The Balaban J connectivity index is 1.78. The van der Waals surface area contributed by atoms with Crippen molar-refractivity contribution in [2.24, 2.45) is 5.92 Å². The van der Waals surface area contributed by atoms with Crippen molar-refractivity contribution in [3.63, 3.8) is 0 Å². The highest BCUT2D eigenvalue weighted by atomic mass is 16.3. The third-order valence-corrected chi connectivity index (χ3v) is 6.37. The van der Waals surface area contributed by atoms with Crippen molar-refractivity contribution in [2.45, 2.75) is 39.5 Å². The zero-order chi connectivity index (χ0) is 22.8. The number of para-hydroxylation sites is 1. The maximum absolute atomic E-state index is 13.3. The van der Waals surface area contributed by atoms with Crippen LogP contribution in [-0.2, 0) is 0 Å². The minimum absolute atomic E-state index is 0.103. The fourth-order valence-corrected chi connectivity index (χ4v) is 4.50. The van der Waals surface area contributed by atoms with Gasteiger partial charge in [0, 0.05) is 28.6 Å². The molecule has 1 aliphatic rings. The van der Waals surface area contributed by atoms with Gasteiger partial charge >= 0.3 is 0 Å². The summed E-state index contributed by atoms with van der Waals surface area (Å²) in [5.74, 6) is -0.801. The summed E-state index contributed by atoms with van der Waals surface area (Å²) in [6.07, 6.45) is 4.03. The van der Waals surface area contributed by atoms with E-state index < -0.39 is 0 Å². The van der Waals surface area contributed by atoms with E-state index in [1.54, 1.807) is 48.5 Å². The zero-order valence-corrected chi connectivity index (χ0v) is 18.4. The lowest BCUT2D eigenvalue weighted by atomic mass is 9.88. The van der Waals surface area contributed by atoms with Gasteiger partial charge in [0.05, 0.1) is 5.56 Å². The highest BCUT2D eigenvalue weighted by Crippen LogP contribution is 2.34. The van der Waals surface area contributed by atoms with Crippen LogP contribution in [0.4, 0.5) is 0 Å². The van der Waals surface area contributed by atoms with Crippen LogP contribution in [0.1, 0.15) is 76.2 Å². The zero-order valence-electron chi connectivity index (χ0n) is 18.4. The van der Waals surface area contributed by atoms with Crippen LogP contribution in [0.2, 0.25) is 0 Å². The van der Waals surface area contributed by atoms with Crippen LogP contribution >= 0.6 is 0 Å². The molecule has 5 heteroatoms. The van der Waals surface area contributed by atoms with Crippen LogP contribution in [0, 0.1) is 5.92 Å². The summed E-state index contributed by atoms with van der Waals surface area (Å²) in [5, 5.41) is 11.2. The Morgan fingerprint density at radius 1 is 0.906 bits per heavy atom. The first-order valence-electron chi connectivity index (χ1n) is 11.2. The highest BCUT2D eigenvalue weighted by Gasteiger charge is 2.35. The van der Waals surface area contributed by atoms with Crippen molar-refractivity contribution in [3.05, 3.63) is 76.9 Å². The first kappa shape index (κ1) is 21.8. The molecule has 1 N–H and O–H groups in total. The maximum Gasteiger partial charge on any atom is 0.261 e. The van der Waals surface area contributed by atoms with Gasteiger partial charge in [-0.25, -0.2) is 0 Å². The summed E-state index contributed by atoms with van der Waals surface area (Å²) in [6, 6.07) is 14.8. The highest BCUT2D eigenvalue weighted by molar-refractivity contribution is 6.28. The number of imide groups is 1. The predicted molar refractivity (Wildman–Crippen MR) is 124 cm³/mol. The van der Waals surface area contributed by atoms with Crippen molar-refractivity contribution < 1.29 is 19.5 Å². The molecule has 1 atom stereocenters. The Morgan fingerprint density at radius 3 is 2.31 bits per heavy atom. The number of hydrogen-bond acceptors (Lipinski definition) is 4. The molecule has 0 spiro atoms. The second-order valence-electron chi connectivity index (χ2n) is 8.37. The molecule has 3 aromatic rings. The number of benzene rings is 3. The third-order valence-electron chi connectivity index (χ3n) is 6.37. The summed E-state index contributed by atoms with van der Waals surface area (Å²) in [7, 11) is 0. The lowest BCUT2D eigenvalue weighted by Gasteiger charge is -2.30. The number of unbranched alkanes of at least 4 members (excludes halogenated alkanes) is 1. The SMILES string of the molecule is CCCCC(CC)CN1C(=O)c2cccc3c(C(=O)c4ccccc4O)ccc(c23)C1=O. The van der Waals surface area contributed by atoms with E-state index in [0.29, 0.717) is 34.0 Å². The lowest BCUT2D eigenvalue weighted by Crippen LogP contribution is -2.43. The van der Waals surface area contributed by atoms with Crippen LogP contribution in [0.5, 0.6) is 5.75 Å². The lowest BCUT2D eigenvalue weighted by molar-refractivity contribution is 0.0579. The second kappa shape index (κ2) is 8.95. The monoisotopic (exact) mass is 429 g/mol. The number of phenols is 1. The molecule has 0 saturated carbocycles. The molecule has 5 nitrogen and oxygen atoms in total. The van der Waals surface area contributed by atoms with Gasteiger partial charge in [0.15, 0.2) is 5.78 Å². The number of phenolic OH excluding ortho intramolecular Hbond substituents is 1. The average Bonchev–Trinajstić information content (AvgIpc) is 2.81. The van der Waals surface area contributed by atoms with E-state index in [9.17, 15) is 19.5 Å². The summed E-state index contributed by atoms with van der Waals surface area (Å²) >= 11 is 0. The van der Waals surface area contributed by atoms with E-state index in [1.165, 1.54) is 11.0 Å². The fourth-order valence-electron chi connectivity index (χ4n) is 4.50. The molecule has 1 aliphatic heterocycles. The molecular formula is C27H27NO4. The molecule has 1 unspecified atom stereocenters. The molecule has 0 radical (unpaired) electrons. The Morgan fingerprint density at radius 2 is 1.62 bits per heavy atom. The second-order valence-corrected chi connectivity index (χ2v) is 8.37.